The molecule has 0 aliphatic carbocycles. The lowest BCUT2D eigenvalue weighted by Gasteiger charge is -2.28. The number of aliphatic hydroxyl groups excluding tert-OH is 1. The van der Waals surface area contributed by atoms with Gasteiger partial charge >= 0.3 is 0 Å². The van der Waals surface area contributed by atoms with E-state index in [-0.39, 0.29) is 48.0 Å². The molecule has 2 N–H and O–H groups in total. The number of rotatable bonds is 21. The van der Waals surface area contributed by atoms with Crippen LogP contribution in [0, 0.1) is 17.8 Å². The number of carbonyl (C=O) groups is 2. The fourth-order valence-corrected chi connectivity index (χ4v) is 6.78. The minimum Gasteiger partial charge on any atom is -0.391 e. The van der Waals surface area contributed by atoms with Crippen LogP contribution >= 0.6 is 0 Å². The highest BCUT2D eigenvalue weighted by Gasteiger charge is 2.25. The molecule has 0 saturated carbocycles. The second-order valence-electron chi connectivity index (χ2n) is 14.7. The van der Waals surface area contributed by atoms with Gasteiger partial charge in [-0.2, -0.15) is 0 Å². The standard InChI is InChI=1S/C41H58N2O5S/c1-29(2)15-14-20-38(41(46)21-30(3)4)42-28-33(23-32-16-10-8-11-17-32)24-40(45)36-25-35(26-37(27-36)43(6)49(7,47)48)39(44)22-31(5)34-18-12-9-13-19-34/h8-13,16-19,25-27,29-31,33,38,41-42,46H,14-15,20-24,28H2,1-7H3/t31-,33+,38+,41?/m0/s1. The second-order valence-corrected chi connectivity index (χ2v) is 16.7. The number of Topliss-reactive ketones (excluding diaryl/α,β-unsaturated/α-hetero) is 2. The summed E-state index contributed by atoms with van der Waals surface area (Å²) in [6.45, 7) is 11.2. The highest BCUT2D eigenvalue weighted by atomic mass is 32.2. The molecule has 4 atom stereocenters. The molecule has 0 saturated heterocycles. The SMILES string of the molecule is CC(C)CCC[C@@H](NC[C@@H](CC(=O)c1cc(C(=O)C[C@H](C)c2ccccc2)cc(N(C)S(C)(=O)=O)c1)Cc1ccccc1)C(O)CC(C)C. The monoisotopic (exact) mass is 690 g/mol. The van der Waals surface area contributed by atoms with Crippen LogP contribution in [0.4, 0.5) is 5.69 Å². The lowest BCUT2D eigenvalue weighted by molar-refractivity contribution is 0.0918. The number of aliphatic hydroxyl groups is 1. The highest BCUT2D eigenvalue weighted by Crippen LogP contribution is 2.27. The van der Waals surface area contributed by atoms with Gasteiger partial charge in [0.25, 0.3) is 0 Å². The Morgan fingerprint density at radius 3 is 1.92 bits per heavy atom. The average Bonchev–Trinajstić information content (AvgIpc) is 3.05. The van der Waals surface area contributed by atoms with Gasteiger partial charge in [0.1, 0.15) is 0 Å². The van der Waals surface area contributed by atoms with Crippen molar-refractivity contribution >= 4 is 27.3 Å². The van der Waals surface area contributed by atoms with Crippen molar-refractivity contribution in [3.63, 3.8) is 0 Å². The van der Waals surface area contributed by atoms with E-state index in [0.29, 0.717) is 42.3 Å². The van der Waals surface area contributed by atoms with E-state index in [0.717, 1.165) is 41.0 Å². The predicted molar refractivity (Wildman–Crippen MR) is 202 cm³/mol. The summed E-state index contributed by atoms with van der Waals surface area (Å²) in [5.41, 5.74) is 3.06. The van der Waals surface area contributed by atoms with Crippen molar-refractivity contribution in [2.75, 3.05) is 24.2 Å². The average molecular weight is 691 g/mol. The molecule has 0 amide bonds. The number of hydrogen-bond donors (Lipinski definition) is 2. The topological polar surface area (TPSA) is 104 Å². The summed E-state index contributed by atoms with van der Waals surface area (Å²) in [6, 6.07) is 24.5. The smallest absolute Gasteiger partial charge is 0.231 e. The van der Waals surface area contributed by atoms with Crippen LogP contribution in [-0.2, 0) is 16.4 Å². The number of nitrogens with one attached hydrogen (secondary N) is 1. The van der Waals surface area contributed by atoms with Gasteiger partial charge in [-0.15, -0.1) is 0 Å². The number of nitrogens with zero attached hydrogens (tertiary/aromatic N) is 1. The van der Waals surface area contributed by atoms with E-state index in [9.17, 15) is 23.1 Å². The van der Waals surface area contributed by atoms with Crippen LogP contribution in [-0.4, -0.2) is 57.1 Å². The fourth-order valence-electron chi connectivity index (χ4n) is 6.29. The summed E-state index contributed by atoms with van der Waals surface area (Å²) in [6.07, 6.45) is 5.33. The first-order valence-electron chi connectivity index (χ1n) is 17.8. The minimum atomic E-state index is -3.64. The quantitative estimate of drug-likeness (QED) is 0.110. The van der Waals surface area contributed by atoms with E-state index in [4.69, 9.17) is 0 Å². The molecule has 0 radical (unpaired) electrons. The van der Waals surface area contributed by atoms with Gasteiger partial charge in [-0.25, -0.2) is 8.42 Å². The van der Waals surface area contributed by atoms with Crippen molar-refractivity contribution in [2.45, 2.75) is 97.6 Å². The largest absolute Gasteiger partial charge is 0.391 e. The molecular formula is C41H58N2O5S. The first kappa shape index (κ1) is 40.1. The number of hydrogen-bond acceptors (Lipinski definition) is 6. The van der Waals surface area contributed by atoms with Crippen molar-refractivity contribution in [3.05, 3.63) is 101 Å². The van der Waals surface area contributed by atoms with Gasteiger partial charge in [-0.05, 0) is 78.8 Å². The van der Waals surface area contributed by atoms with E-state index in [1.54, 1.807) is 18.2 Å². The third-order valence-electron chi connectivity index (χ3n) is 9.27. The second kappa shape index (κ2) is 19.2. The normalized spacial score (nSPS) is 14.4. The molecule has 0 spiro atoms. The molecule has 268 valence electrons. The maximum absolute atomic E-state index is 14.1. The third-order valence-corrected chi connectivity index (χ3v) is 10.5. The summed E-state index contributed by atoms with van der Waals surface area (Å²) in [4.78, 5) is 27.7. The van der Waals surface area contributed by atoms with Crippen molar-refractivity contribution in [1.29, 1.82) is 0 Å². The van der Waals surface area contributed by atoms with Gasteiger partial charge < -0.3 is 10.4 Å². The Morgan fingerprint density at radius 1 is 0.796 bits per heavy atom. The summed E-state index contributed by atoms with van der Waals surface area (Å²) in [7, 11) is -2.21. The highest BCUT2D eigenvalue weighted by molar-refractivity contribution is 7.92. The number of carbonyl (C=O) groups excluding carboxylic acids is 2. The van der Waals surface area contributed by atoms with Crippen molar-refractivity contribution in [3.8, 4) is 0 Å². The number of anilines is 1. The summed E-state index contributed by atoms with van der Waals surface area (Å²) < 4.78 is 26.2. The summed E-state index contributed by atoms with van der Waals surface area (Å²) in [5, 5.41) is 14.8. The van der Waals surface area contributed by atoms with Crippen LogP contribution in [0.5, 0.6) is 0 Å². The molecule has 0 aliphatic rings. The van der Waals surface area contributed by atoms with E-state index in [1.807, 2.05) is 55.5 Å². The fraction of sp³-hybridized carbons (Fsp3) is 0.512. The molecule has 3 aromatic carbocycles. The minimum absolute atomic E-state index is 0.0509. The first-order valence-corrected chi connectivity index (χ1v) is 19.6. The van der Waals surface area contributed by atoms with Crippen molar-refractivity contribution in [2.24, 2.45) is 17.8 Å². The van der Waals surface area contributed by atoms with Crippen molar-refractivity contribution in [1.82, 2.24) is 5.32 Å². The zero-order valence-corrected chi connectivity index (χ0v) is 31.4. The van der Waals surface area contributed by atoms with E-state index in [2.05, 4.69) is 45.1 Å². The van der Waals surface area contributed by atoms with Gasteiger partial charge in [0.05, 0.1) is 18.0 Å². The predicted octanol–water partition coefficient (Wildman–Crippen LogP) is 8.08. The third kappa shape index (κ3) is 13.5. The molecule has 0 heterocycles. The van der Waals surface area contributed by atoms with Gasteiger partial charge in [0.15, 0.2) is 11.6 Å². The van der Waals surface area contributed by atoms with E-state index in [1.165, 1.54) is 7.05 Å². The number of benzene rings is 3. The van der Waals surface area contributed by atoms with Gasteiger partial charge in [-0.1, -0.05) is 108 Å². The molecule has 7 nitrogen and oxygen atoms in total. The molecule has 3 aromatic rings. The molecule has 0 fully saturated rings. The Bertz CT molecular complexity index is 1570. The van der Waals surface area contributed by atoms with Gasteiger partial charge in [0.2, 0.25) is 10.0 Å². The Kier molecular flexibility index (Phi) is 15.7. The Morgan fingerprint density at radius 2 is 1.37 bits per heavy atom. The lowest BCUT2D eigenvalue weighted by Crippen LogP contribution is -2.43. The van der Waals surface area contributed by atoms with Crippen molar-refractivity contribution < 1.29 is 23.1 Å². The molecule has 0 aromatic heterocycles. The summed E-state index contributed by atoms with van der Waals surface area (Å²) >= 11 is 0. The molecular weight excluding hydrogens is 633 g/mol. The van der Waals surface area contributed by atoms with Crippen LogP contribution in [0.1, 0.15) is 111 Å². The molecule has 0 aliphatic heterocycles. The maximum Gasteiger partial charge on any atom is 0.231 e. The van der Waals surface area contributed by atoms with Crippen LogP contribution in [0.25, 0.3) is 0 Å². The zero-order valence-electron chi connectivity index (χ0n) is 30.6. The van der Waals surface area contributed by atoms with Crippen LogP contribution in [0.2, 0.25) is 0 Å². The Hall–Kier alpha value is -3.33. The van der Waals surface area contributed by atoms with Crippen LogP contribution < -0.4 is 9.62 Å². The van der Waals surface area contributed by atoms with E-state index < -0.39 is 16.1 Å². The molecule has 0 bridgehead atoms. The molecule has 49 heavy (non-hydrogen) atoms. The molecule has 3 rings (SSSR count). The first-order chi connectivity index (χ1) is 23.1. The van der Waals surface area contributed by atoms with Gasteiger partial charge in [-0.3, -0.25) is 13.9 Å². The number of ketones is 2. The Labute approximate surface area is 295 Å². The summed E-state index contributed by atoms with van der Waals surface area (Å²) in [5.74, 6) is 0.487. The molecule has 1 unspecified atom stereocenters. The Balaban J connectivity index is 1.91. The lowest BCUT2D eigenvalue weighted by atomic mass is 9.89. The van der Waals surface area contributed by atoms with Gasteiger partial charge in [0, 0.05) is 37.1 Å². The van der Waals surface area contributed by atoms with E-state index >= 15 is 0 Å². The maximum atomic E-state index is 14.1. The van der Waals surface area contributed by atoms with Crippen LogP contribution in [0.3, 0.4) is 0 Å². The van der Waals surface area contributed by atoms with Crippen LogP contribution in [0.15, 0.2) is 78.9 Å². The molecule has 8 heteroatoms. The number of sulfonamides is 1. The zero-order chi connectivity index (χ0) is 36.1.